The third kappa shape index (κ3) is 4.14. The number of nitro groups is 1. The van der Waals surface area contributed by atoms with Crippen molar-refractivity contribution in [1.29, 1.82) is 0 Å². The van der Waals surface area contributed by atoms with Gasteiger partial charge in [-0.15, -0.1) is 0 Å². The lowest BCUT2D eigenvalue weighted by molar-refractivity contribution is -0.384. The number of ether oxygens (including phenoxy) is 1. The van der Waals surface area contributed by atoms with Gasteiger partial charge in [0.15, 0.2) is 6.61 Å². The van der Waals surface area contributed by atoms with E-state index in [4.69, 9.17) is 4.74 Å². The lowest BCUT2D eigenvalue weighted by Gasteiger charge is -2.07. The van der Waals surface area contributed by atoms with Crippen LogP contribution in [0.3, 0.4) is 0 Å². The van der Waals surface area contributed by atoms with Gasteiger partial charge >= 0.3 is 5.97 Å². The molecule has 0 aliphatic heterocycles. The molecule has 0 spiro atoms. The van der Waals surface area contributed by atoms with Crippen molar-refractivity contribution in [2.24, 2.45) is 0 Å². The molecule has 0 fully saturated rings. The van der Waals surface area contributed by atoms with Crippen LogP contribution in [0.15, 0.2) is 36.4 Å². The normalized spacial score (nSPS) is 10.2. The van der Waals surface area contributed by atoms with Gasteiger partial charge < -0.3 is 10.1 Å². The van der Waals surface area contributed by atoms with Crippen LogP contribution < -0.4 is 5.32 Å². The van der Waals surface area contributed by atoms with Crippen molar-refractivity contribution < 1.29 is 28.0 Å². The minimum atomic E-state index is -1.00. The van der Waals surface area contributed by atoms with Crippen LogP contribution in [-0.4, -0.2) is 30.3 Å². The number of ketones is 1. The Balaban J connectivity index is 2.12. The molecule has 0 atom stereocenters. The molecule has 2 rings (SSSR count). The summed E-state index contributed by atoms with van der Waals surface area (Å²) in [5.74, 6) is -3.70. The average Bonchev–Trinajstić information content (AvgIpc) is 2.60. The molecular weight excluding hydrogens is 338 g/mol. The number of esters is 1. The highest BCUT2D eigenvalue weighted by molar-refractivity contribution is 5.99. The van der Waals surface area contributed by atoms with Crippen LogP contribution in [0.5, 0.6) is 0 Å². The highest BCUT2D eigenvalue weighted by atomic mass is 19.1. The van der Waals surface area contributed by atoms with Gasteiger partial charge in [-0.2, -0.15) is 0 Å². The van der Waals surface area contributed by atoms with E-state index in [1.54, 1.807) is 0 Å². The van der Waals surface area contributed by atoms with Crippen LogP contribution >= 0.6 is 0 Å². The Hall–Kier alpha value is -3.36. The molecule has 0 aliphatic carbocycles. The second-order valence-electron chi connectivity index (χ2n) is 4.86. The third-order valence-corrected chi connectivity index (χ3v) is 3.26. The quantitative estimate of drug-likeness (QED) is 0.372. The van der Waals surface area contributed by atoms with Gasteiger partial charge in [0.05, 0.1) is 16.1 Å². The second-order valence-corrected chi connectivity index (χ2v) is 4.86. The Bertz CT molecular complexity index is 854. The lowest BCUT2D eigenvalue weighted by Crippen LogP contribution is -2.16. The molecule has 0 aliphatic rings. The maximum Gasteiger partial charge on any atom is 0.338 e. The fourth-order valence-corrected chi connectivity index (χ4v) is 2.02. The molecule has 7 nitrogen and oxygen atoms in total. The number of hydrogen-bond donors (Lipinski definition) is 1. The predicted octanol–water partition coefficient (Wildman–Crippen LogP) is 2.95. The average molecular weight is 350 g/mol. The first-order chi connectivity index (χ1) is 11.8. The summed E-state index contributed by atoms with van der Waals surface area (Å²) in [5.41, 5.74) is -0.860. The summed E-state index contributed by atoms with van der Waals surface area (Å²) in [6.45, 7) is -0.833. The summed E-state index contributed by atoms with van der Waals surface area (Å²) in [5, 5.41) is 13.6. The van der Waals surface area contributed by atoms with E-state index in [0.717, 1.165) is 18.2 Å². The SMILES string of the molecule is CNc1ccc(C(=O)OCC(=O)c2cc(F)ccc2F)cc1[N+](=O)[O-]. The Morgan fingerprint density at radius 1 is 1.20 bits per heavy atom. The number of halogens is 2. The van der Waals surface area contributed by atoms with Crippen molar-refractivity contribution in [2.75, 3.05) is 19.0 Å². The van der Waals surface area contributed by atoms with Crippen molar-refractivity contribution in [2.45, 2.75) is 0 Å². The van der Waals surface area contributed by atoms with Gasteiger partial charge in [0.1, 0.15) is 17.3 Å². The molecule has 0 heterocycles. The van der Waals surface area contributed by atoms with Crippen LogP contribution in [0.1, 0.15) is 20.7 Å². The first-order valence-electron chi connectivity index (χ1n) is 6.95. The number of nitrogens with one attached hydrogen (secondary N) is 1. The molecule has 0 radical (unpaired) electrons. The number of hydrogen-bond acceptors (Lipinski definition) is 6. The molecule has 9 heteroatoms. The second kappa shape index (κ2) is 7.47. The van der Waals surface area contributed by atoms with Gasteiger partial charge in [0.25, 0.3) is 5.69 Å². The fourth-order valence-electron chi connectivity index (χ4n) is 2.02. The minimum Gasteiger partial charge on any atom is -0.454 e. The summed E-state index contributed by atoms with van der Waals surface area (Å²) in [7, 11) is 1.48. The van der Waals surface area contributed by atoms with Gasteiger partial charge in [0.2, 0.25) is 5.78 Å². The fraction of sp³-hybridized carbons (Fsp3) is 0.125. The van der Waals surface area contributed by atoms with Gasteiger partial charge in [-0.25, -0.2) is 13.6 Å². The molecule has 2 aromatic rings. The lowest BCUT2D eigenvalue weighted by atomic mass is 10.1. The van der Waals surface area contributed by atoms with E-state index in [2.05, 4.69) is 5.32 Å². The number of carbonyl (C=O) groups is 2. The summed E-state index contributed by atoms with van der Waals surface area (Å²) < 4.78 is 31.3. The van der Waals surface area contributed by atoms with Crippen LogP contribution in [-0.2, 0) is 4.74 Å². The van der Waals surface area contributed by atoms with E-state index in [-0.39, 0.29) is 16.9 Å². The van der Waals surface area contributed by atoms with Crippen molar-refractivity contribution in [1.82, 2.24) is 0 Å². The van der Waals surface area contributed by atoms with Gasteiger partial charge in [-0.05, 0) is 30.3 Å². The van der Waals surface area contributed by atoms with Crippen LogP contribution in [0.25, 0.3) is 0 Å². The first kappa shape index (κ1) is 18.0. The largest absolute Gasteiger partial charge is 0.454 e. The van der Waals surface area contributed by atoms with Gasteiger partial charge in [0, 0.05) is 13.1 Å². The number of benzene rings is 2. The van der Waals surface area contributed by atoms with Crippen LogP contribution in [0.4, 0.5) is 20.2 Å². The molecule has 0 amide bonds. The predicted molar refractivity (Wildman–Crippen MR) is 83.6 cm³/mol. The standard InChI is InChI=1S/C16H12F2N2O5/c1-19-13-5-2-9(6-14(13)20(23)24)16(22)25-8-15(21)11-7-10(17)3-4-12(11)18/h2-7,19H,8H2,1H3. The number of rotatable bonds is 6. The molecule has 25 heavy (non-hydrogen) atoms. The zero-order valence-corrected chi connectivity index (χ0v) is 12.9. The molecule has 0 bridgehead atoms. The Morgan fingerprint density at radius 2 is 1.92 bits per heavy atom. The van der Waals surface area contributed by atoms with E-state index in [9.17, 15) is 28.5 Å². The summed E-state index contributed by atoms with van der Waals surface area (Å²) >= 11 is 0. The van der Waals surface area contributed by atoms with Crippen molar-refractivity contribution in [3.05, 3.63) is 69.3 Å². The van der Waals surface area contributed by atoms with E-state index in [1.807, 2.05) is 0 Å². The Labute approximate surface area is 140 Å². The van der Waals surface area contributed by atoms with Crippen molar-refractivity contribution >= 4 is 23.1 Å². The highest BCUT2D eigenvalue weighted by Gasteiger charge is 2.19. The van der Waals surface area contributed by atoms with Crippen LogP contribution in [0.2, 0.25) is 0 Å². The minimum absolute atomic E-state index is 0.154. The summed E-state index contributed by atoms with van der Waals surface area (Å²) in [6, 6.07) is 5.89. The number of Topliss-reactive ketones (excluding diaryl/α,β-unsaturated/α-hetero) is 1. The third-order valence-electron chi connectivity index (χ3n) is 3.26. The van der Waals surface area contributed by atoms with Crippen molar-refractivity contribution in [3.63, 3.8) is 0 Å². The smallest absolute Gasteiger partial charge is 0.338 e. The van der Waals surface area contributed by atoms with E-state index in [1.165, 1.54) is 19.2 Å². The Kier molecular flexibility index (Phi) is 5.38. The zero-order valence-electron chi connectivity index (χ0n) is 12.9. The zero-order chi connectivity index (χ0) is 18.6. The maximum atomic E-state index is 13.5. The highest BCUT2D eigenvalue weighted by Crippen LogP contribution is 2.25. The number of anilines is 1. The van der Waals surface area contributed by atoms with Gasteiger partial charge in [-0.1, -0.05) is 0 Å². The maximum absolute atomic E-state index is 13.5. The molecule has 130 valence electrons. The molecule has 1 N–H and O–H groups in total. The Morgan fingerprint density at radius 3 is 2.56 bits per heavy atom. The van der Waals surface area contributed by atoms with E-state index >= 15 is 0 Å². The topological polar surface area (TPSA) is 98.5 Å². The summed E-state index contributed by atoms with van der Waals surface area (Å²) in [4.78, 5) is 34.0. The number of nitrogens with zero attached hydrogens (tertiary/aromatic N) is 1. The van der Waals surface area contributed by atoms with E-state index in [0.29, 0.717) is 6.07 Å². The van der Waals surface area contributed by atoms with Crippen LogP contribution in [0, 0.1) is 21.7 Å². The number of nitro benzene ring substituents is 1. The number of carbonyl (C=O) groups excluding carboxylic acids is 2. The molecule has 0 aromatic heterocycles. The monoisotopic (exact) mass is 350 g/mol. The molecule has 0 saturated carbocycles. The van der Waals surface area contributed by atoms with E-state index < -0.39 is 40.5 Å². The van der Waals surface area contributed by atoms with Gasteiger partial charge in [-0.3, -0.25) is 14.9 Å². The molecule has 2 aromatic carbocycles. The molecular formula is C16H12F2N2O5. The van der Waals surface area contributed by atoms with Crippen molar-refractivity contribution in [3.8, 4) is 0 Å². The molecule has 0 unspecified atom stereocenters. The summed E-state index contributed by atoms with van der Waals surface area (Å²) in [6.07, 6.45) is 0. The first-order valence-corrected chi connectivity index (χ1v) is 6.95. The molecule has 0 saturated heterocycles.